The topological polar surface area (TPSA) is 27.7 Å². The average Bonchev–Trinajstić information content (AvgIpc) is 2.36. The molecule has 0 amide bonds. The average molecular weight is 158 g/mol. The second kappa shape index (κ2) is 3.52. The summed E-state index contributed by atoms with van der Waals surface area (Å²) in [5.74, 6) is 0. The van der Waals surface area contributed by atoms with Gasteiger partial charge in [0.15, 0.2) is 6.29 Å². The molecule has 0 aliphatic carbocycles. The van der Waals surface area contributed by atoms with Gasteiger partial charge < -0.3 is 14.2 Å². The third-order valence-electron chi connectivity index (χ3n) is 2.21. The Hall–Kier alpha value is -0.120. The molecule has 2 aliphatic rings. The molecule has 2 saturated heterocycles. The summed E-state index contributed by atoms with van der Waals surface area (Å²) in [4.78, 5) is 0. The van der Waals surface area contributed by atoms with Gasteiger partial charge in [-0.15, -0.1) is 0 Å². The van der Waals surface area contributed by atoms with Crippen LogP contribution in [-0.2, 0) is 14.2 Å². The summed E-state index contributed by atoms with van der Waals surface area (Å²) in [5.41, 5.74) is 0. The van der Waals surface area contributed by atoms with Crippen LogP contribution < -0.4 is 0 Å². The highest BCUT2D eigenvalue weighted by molar-refractivity contribution is 4.67. The first-order valence-corrected chi connectivity index (χ1v) is 4.30. The fourth-order valence-electron chi connectivity index (χ4n) is 1.41. The molecule has 0 bridgehead atoms. The zero-order valence-corrected chi connectivity index (χ0v) is 6.62. The van der Waals surface area contributed by atoms with Gasteiger partial charge in [-0.05, 0) is 12.8 Å². The molecule has 0 aromatic rings. The lowest BCUT2D eigenvalue weighted by atomic mass is 10.1. The number of rotatable bonds is 3. The van der Waals surface area contributed by atoms with Crippen molar-refractivity contribution < 1.29 is 14.2 Å². The standard InChI is InChI=1S/C8H14O3/c1(7-3-4-9-7)2-8-10-5-6-11-8/h7-8H,1-6H2. The molecule has 1 unspecified atom stereocenters. The summed E-state index contributed by atoms with van der Waals surface area (Å²) in [5, 5.41) is 0. The van der Waals surface area contributed by atoms with Crippen LogP contribution in [-0.4, -0.2) is 32.2 Å². The predicted molar refractivity (Wildman–Crippen MR) is 39.3 cm³/mol. The quantitative estimate of drug-likeness (QED) is 0.611. The summed E-state index contributed by atoms with van der Waals surface area (Å²) in [7, 11) is 0. The van der Waals surface area contributed by atoms with Gasteiger partial charge in [0, 0.05) is 13.0 Å². The Kier molecular flexibility index (Phi) is 2.41. The minimum atomic E-state index is 0.0548. The molecule has 2 aliphatic heterocycles. The largest absolute Gasteiger partial charge is 0.378 e. The van der Waals surface area contributed by atoms with Gasteiger partial charge in [0.1, 0.15) is 0 Å². The fourth-order valence-corrected chi connectivity index (χ4v) is 1.41. The van der Waals surface area contributed by atoms with Crippen molar-refractivity contribution in [3.63, 3.8) is 0 Å². The normalized spacial score (nSPS) is 32.2. The zero-order valence-electron chi connectivity index (χ0n) is 6.62. The first-order chi connectivity index (χ1) is 5.45. The summed E-state index contributed by atoms with van der Waals surface area (Å²) in [6, 6.07) is 0. The van der Waals surface area contributed by atoms with Crippen molar-refractivity contribution in [3.05, 3.63) is 0 Å². The lowest BCUT2D eigenvalue weighted by Gasteiger charge is -2.26. The Balaban J connectivity index is 1.57. The van der Waals surface area contributed by atoms with Crippen LogP contribution in [0.25, 0.3) is 0 Å². The highest BCUT2D eigenvalue weighted by Crippen LogP contribution is 2.19. The molecule has 2 rings (SSSR count). The smallest absolute Gasteiger partial charge is 0.157 e. The van der Waals surface area contributed by atoms with Gasteiger partial charge in [0.25, 0.3) is 0 Å². The molecule has 2 heterocycles. The van der Waals surface area contributed by atoms with E-state index in [-0.39, 0.29) is 6.29 Å². The zero-order chi connectivity index (χ0) is 7.52. The molecule has 0 saturated carbocycles. The van der Waals surface area contributed by atoms with Gasteiger partial charge in [-0.1, -0.05) is 0 Å². The van der Waals surface area contributed by atoms with Gasteiger partial charge >= 0.3 is 0 Å². The lowest BCUT2D eigenvalue weighted by Crippen LogP contribution is -2.27. The van der Waals surface area contributed by atoms with E-state index in [2.05, 4.69) is 0 Å². The third kappa shape index (κ3) is 1.92. The van der Waals surface area contributed by atoms with Crippen LogP contribution in [0.2, 0.25) is 0 Å². The number of hydrogen-bond donors (Lipinski definition) is 0. The second-order valence-corrected chi connectivity index (χ2v) is 3.03. The van der Waals surface area contributed by atoms with E-state index in [1.165, 1.54) is 6.42 Å². The molecule has 64 valence electrons. The maximum Gasteiger partial charge on any atom is 0.157 e. The molecule has 1 atom stereocenters. The van der Waals surface area contributed by atoms with Gasteiger partial charge in [-0.2, -0.15) is 0 Å². The summed E-state index contributed by atoms with van der Waals surface area (Å²) in [6.07, 6.45) is 3.84. The Labute approximate surface area is 66.6 Å². The third-order valence-corrected chi connectivity index (χ3v) is 2.21. The Morgan fingerprint density at radius 3 is 2.18 bits per heavy atom. The van der Waals surface area contributed by atoms with Crippen molar-refractivity contribution in [1.29, 1.82) is 0 Å². The minimum Gasteiger partial charge on any atom is -0.378 e. The minimum absolute atomic E-state index is 0.0548. The maximum atomic E-state index is 5.29. The van der Waals surface area contributed by atoms with Gasteiger partial charge in [0.05, 0.1) is 19.3 Å². The lowest BCUT2D eigenvalue weighted by molar-refractivity contribution is -0.0878. The van der Waals surface area contributed by atoms with Crippen molar-refractivity contribution in [2.45, 2.75) is 31.7 Å². The van der Waals surface area contributed by atoms with Crippen LogP contribution in [0.5, 0.6) is 0 Å². The first-order valence-electron chi connectivity index (χ1n) is 4.30. The van der Waals surface area contributed by atoms with Crippen molar-refractivity contribution >= 4 is 0 Å². The highest BCUT2D eigenvalue weighted by Gasteiger charge is 2.22. The van der Waals surface area contributed by atoms with Crippen LogP contribution in [0.1, 0.15) is 19.3 Å². The highest BCUT2D eigenvalue weighted by atomic mass is 16.7. The van der Waals surface area contributed by atoms with Crippen LogP contribution >= 0.6 is 0 Å². The molecular weight excluding hydrogens is 144 g/mol. The molecule has 0 aromatic heterocycles. The number of ether oxygens (including phenoxy) is 3. The Morgan fingerprint density at radius 1 is 0.909 bits per heavy atom. The Bertz CT molecular complexity index is 117. The van der Waals surface area contributed by atoms with E-state index in [0.29, 0.717) is 6.10 Å². The van der Waals surface area contributed by atoms with Gasteiger partial charge in [-0.3, -0.25) is 0 Å². The first kappa shape index (κ1) is 7.53. The predicted octanol–water partition coefficient (Wildman–Crippen LogP) is 0.928. The Morgan fingerprint density at radius 2 is 1.64 bits per heavy atom. The molecule has 0 aromatic carbocycles. The van der Waals surface area contributed by atoms with Gasteiger partial charge in [0.2, 0.25) is 0 Å². The van der Waals surface area contributed by atoms with Crippen molar-refractivity contribution in [2.24, 2.45) is 0 Å². The van der Waals surface area contributed by atoms with Gasteiger partial charge in [-0.25, -0.2) is 0 Å². The van der Waals surface area contributed by atoms with E-state index in [1.807, 2.05) is 0 Å². The van der Waals surface area contributed by atoms with Crippen LogP contribution in [0.3, 0.4) is 0 Å². The van der Waals surface area contributed by atoms with Crippen molar-refractivity contribution in [2.75, 3.05) is 19.8 Å². The fraction of sp³-hybridized carbons (Fsp3) is 1.00. The summed E-state index contributed by atoms with van der Waals surface area (Å²) >= 11 is 0. The van der Waals surface area contributed by atoms with Crippen molar-refractivity contribution in [3.8, 4) is 0 Å². The van der Waals surface area contributed by atoms with Crippen LogP contribution in [0.4, 0.5) is 0 Å². The van der Waals surface area contributed by atoms with Crippen LogP contribution in [0, 0.1) is 0 Å². The van der Waals surface area contributed by atoms with E-state index >= 15 is 0 Å². The molecule has 0 N–H and O–H groups in total. The summed E-state index contributed by atoms with van der Waals surface area (Å²) in [6.45, 7) is 2.46. The maximum absolute atomic E-state index is 5.29. The van der Waals surface area contributed by atoms with Crippen LogP contribution in [0.15, 0.2) is 0 Å². The molecular formula is C8H14O3. The second-order valence-electron chi connectivity index (χ2n) is 3.03. The number of hydrogen-bond acceptors (Lipinski definition) is 3. The van der Waals surface area contributed by atoms with E-state index in [1.54, 1.807) is 0 Å². The molecule has 3 heteroatoms. The van der Waals surface area contributed by atoms with E-state index < -0.39 is 0 Å². The monoisotopic (exact) mass is 158 g/mol. The molecule has 2 fully saturated rings. The molecule has 11 heavy (non-hydrogen) atoms. The summed E-state index contributed by atoms with van der Waals surface area (Å²) < 4.78 is 15.9. The molecule has 0 radical (unpaired) electrons. The molecule has 0 spiro atoms. The van der Waals surface area contributed by atoms with E-state index in [0.717, 1.165) is 32.7 Å². The SMILES string of the molecule is C1CC(CCC2OCCO2)O1. The molecule has 3 nitrogen and oxygen atoms in total. The van der Waals surface area contributed by atoms with Crippen molar-refractivity contribution in [1.82, 2.24) is 0 Å². The van der Waals surface area contributed by atoms with E-state index in [4.69, 9.17) is 14.2 Å². The van der Waals surface area contributed by atoms with E-state index in [9.17, 15) is 0 Å².